The standard InChI is InChI=1S/C12H18N4O4/c1-3-19-11(18)9-5-4-6-16(9)7-10(17)13-12-15-14-8(2)20-12/h9H,3-7H2,1-2H3,(H,13,15,17). The Kier molecular flexibility index (Phi) is 4.67. The second-order valence-corrected chi connectivity index (χ2v) is 4.55. The van der Waals surface area contributed by atoms with Gasteiger partial charge < -0.3 is 9.15 Å². The molecule has 110 valence electrons. The van der Waals surface area contributed by atoms with E-state index in [4.69, 9.17) is 9.15 Å². The lowest BCUT2D eigenvalue weighted by Crippen LogP contribution is -2.41. The molecule has 0 radical (unpaired) electrons. The van der Waals surface area contributed by atoms with Gasteiger partial charge in [-0.15, -0.1) is 5.10 Å². The van der Waals surface area contributed by atoms with Crippen molar-refractivity contribution in [2.24, 2.45) is 0 Å². The number of ether oxygens (including phenoxy) is 1. The SMILES string of the molecule is CCOC(=O)C1CCCN1CC(=O)Nc1nnc(C)o1. The fourth-order valence-corrected chi connectivity index (χ4v) is 2.21. The number of aromatic nitrogens is 2. The molecule has 1 aliphatic heterocycles. The number of aryl methyl sites for hydroxylation is 1. The molecule has 1 aromatic heterocycles. The van der Waals surface area contributed by atoms with E-state index < -0.39 is 0 Å². The van der Waals surface area contributed by atoms with Gasteiger partial charge in [-0.1, -0.05) is 5.10 Å². The molecule has 1 atom stereocenters. The van der Waals surface area contributed by atoms with Gasteiger partial charge in [0, 0.05) is 6.92 Å². The van der Waals surface area contributed by atoms with Crippen molar-refractivity contribution in [3.63, 3.8) is 0 Å². The van der Waals surface area contributed by atoms with E-state index in [9.17, 15) is 9.59 Å². The van der Waals surface area contributed by atoms with Gasteiger partial charge in [0.15, 0.2) is 0 Å². The number of carbonyl (C=O) groups is 2. The summed E-state index contributed by atoms with van der Waals surface area (Å²) in [6.07, 6.45) is 1.59. The molecule has 1 amide bonds. The highest BCUT2D eigenvalue weighted by Gasteiger charge is 2.33. The molecule has 0 aliphatic carbocycles. The highest BCUT2D eigenvalue weighted by atomic mass is 16.5. The Balaban J connectivity index is 1.88. The van der Waals surface area contributed by atoms with E-state index in [1.807, 2.05) is 0 Å². The van der Waals surface area contributed by atoms with Gasteiger partial charge in [0.05, 0.1) is 13.2 Å². The predicted octanol–water partition coefficient (Wildman–Crippen LogP) is 0.344. The lowest BCUT2D eigenvalue weighted by molar-refractivity contribution is -0.148. The van der Waals surface area contributed by atoms with Crippen LogP contribution in [0.2, 0.25) is 0 Å². The van der Waals surface area contributed by atoms with Crippen molar-refractivity contribution in [1.82, 2.24) is 15.1 Å². The summed E-state index contributed by atoms with van der Waals surface area (Å²) in [4.78, 5) is 25.4. The average Bonchev–Trinajstić information content (AvgIpc) is 2.99. The molecule has 2 rings (SSSR count). The van der Waals surface area contributed by atoms with Crippen molar-refractivity contribution in [1.29, 1.82) is 0 Å². The van der Waals surface area contributed by atoms with Crippen LogP contribution in [0.4, 0.5) is 6.01 Å². The molecule has 0 aromatic carbocycles. The van der Waals surface area contributed by atoms with E-state index in [1.54, 1.807) is 18.7 Å². The summed E-state index contributed by atoms with van der Waals surface area (Å²) in [5.74, 6) is -0.179. The van der Waals surface area contributed by atoms with Gasteiger partial charge in [-0.05, 0) is 26.3 Å². The maximum Gasteiger partial charge on any atom is 0.323 e. The molecule has 1 aliphatic rings. The van der Waals surface area contributed by atoms with Gasteiger partial charge >= 0.3 is 12.0 Å². The van der Waals surface area contributed by atoms with E-state index in [0.717, 1.165) is 6.42 Å². The van der Waals surface area contributed by atoms with Crippen LogP contribution in [0.25, 0.3) is 0 Å². The van der Waals surface area contributed by atoms with Crippen molar-refractivity contribution < 1.29 is 18.7 Å². The summed E-state index contributed by atoms with van der Waals surface area (Å²) in [6, 6.07) is -0.274. The number of hydrogen-bond donors (Lipinski definition) is 1. The maximum atomic E-state index is 11.9. The number of anilines is 1. The maximum absolute atomic E-state index is 11.9. The van der Waals surface area contributed by atoms with Crippen molar-refractivity contribution in [2.45, 2.75) is 32.7 Å². The zero-order valence-corrected chi connectivity index (χ0v) is 11.6. The largest absolute Gasteiger partial charge is 0.465 e. The highest BCUT2D eigenvalue weighted by molar-refractivity contribution is 5.90. The zero-order chi connectivity index (χ0) is 14.5. The first-order valence-corrected chi connectivity index (χ1v) is 6.60. The zero-order valence-electron chi connectivity index (χ0n) is 11.6. The van der Waals surface area contributed by atoms with Crippen LogP contribution in [0, 0.1) is 6.92 Å². The highest BCUT2D eigenvalue weighted by Crippen LogP contribution is 2.18. The van der Waals surface area contributed by atoms with Crippen LogP contribution < -0.4 is 5.32 Å². The molecule has 1 N–H and O–H groups in total. The number of amides is 1. The minimum Gasteiger partial charge on any atom is -0.465 e. The quantitative estimate of drug-likeness (QED) is 0.778. The molecular weight excluding hydrogens is 264 g/mol. The Morgan fingerprint density at radius 2 is 2.30 bits per heavy atom. The summed E-state index contributed by atoms with van der Waals surface area (Å²) >= 11 is 0. The first-order valence-electron chi connectivity index (χ1n) is 6.60. The fraction of sp³-hybridized carbons (Fsp3) is 0.667. The summed E-state index contributed by atoms with van der Waals surface area (Å²) < 4.78 is 10.1. The van der Waals surface area contributed by atoms with E-state index in [1.165, 1.54) is 0 Å². The molecule has 0 bridgehead atoms. The summed E-state index contributed by atoms with van der Waals surface area (Å²) in [5.41, 5.74) is 0. The molecule has 1 fully saturated rings. The van der Waals surface area contributed by atoms with E-state index in [2.05, 4.69) is 15.5 Å². The molecular formula is C12H18N4O4. The van der Waals surface area contributed by atoms with Crippen LogP contribution in [0.1, 0.15) is 25.7 Å². The fourth-order valence-electron chi connectivity index (χ4n) is 2.21. The molecule has 8 nitrogen and oxygen atoms in total. The van der Waals surface area contributed by atoms with E-state index >= 15 is 0 Å². The number of esters is 1. The van der Waals surface area contributed by atoms with Crippen LogP contribution >= 0.6 is 0 Å². The molecule has 1 aromatic rings. The second-order valence-electron chi connectivity index (χ2n) is 4.55. The number of nitrogens with one attached hydrogen (secondary N) is 1. The third-order valence-corrected chi connectivity index (χ3v) is 3.04. The van der Waals surface area contributed by atoms with Gasteiger partial charge in [0.2, 0.25) is 11.8 Å². The Labute approximate surface area is 116 Å². The second kappa shape index (κ2) is 6.47. The normalized spacial score (nSPS) is 19.0. The van der Waals surface area contributed by atoms with Crippen LogP contribution in [0.3, 0.4) is 0 Å². The van der Waals surface area contributed by atoms with Gasteiger partial charge in [-0.3, -0.25) is 19.8 Å². The lowest BCUT2D eigenvalue weighted by Gasteiger charge is -2.21. The molecule has 20 heavy (non-hydrogen) atoms. The third-order valence-electron chi connectivity index (χ3n) is 3.04. The Bertz CT molecular complexity index is 488. The van der Waals surface area contributed by atoms with Crippen LogP contribution in [0.15, 0.2) is 4.42 Å². The van der Waals surface area contributed by atoms with Gasteiger partial charge in [-0.25, -0.2) is 0 Å². The molecule has 8 heteroatoms. The number of rotatable bonds is 5. The minimum atomic E-state index is -0.342. The summed E-state index contributed by atoms with van der Waals surface area (Å²) in [6.45, 7) is 4.54. The van der Waals surface area contributed by atoms with Crippen molar-refractivity contribution in [2.75, 3.05) is 25.0 Å². The van der Waals surface area contributed by atoms with E-state index in [0.29, 0.717) is 25.5 Å². The van der Waals surface area contributed by atoms with Gasteiger partial charge in [0.1, 0.15) is 6.04 Å². The molecule has 1 unspecified atom stereocenters. The number of hydrogen-bond acceptors (Lipinski definition) is 7. The Morgan fingerprint density at radius 3 is 2.95 bits per heavy atom. The van der Waals surface area contributed by atoms with Crippen LogP contribution in [-0.2, 0) is 14.3 Å². The average molecular weight is 282 g/mol. The van der Waals surface area contributed by atoms with Crippen molar-refractivity contribution in [3.8, 4) is 0 Å². The molecule has 0 saturated carbocycles. The first-order chi connectivity index (χ1) is 9.60. The smallest absolute Gasteiger partial charge is 0.323 e. The molecule has 0 spiro atoms. The number of nitrogens with zero attached hydrogens (tertiary/aromatic N) is 3. The topological polar surface area (TPSA) is 97.6 Å². The van der Waals surface area contributed by atoms with Crippen LogP contribution in [0.5, 0.6) is 0 Å². The van der Waals surface area contributed by atoms with E-state index in [-0.39, 0.29) is 30.5 Å². The van der Waals surface area contributed by atoms with Crippen LogP contribution in [-0.4, -0.2) is 52.7 Å². The summed E-state index contributed by atoms with van der Waals surface area (Å²) in [7, 11) is 0. The summed E-state index contributed by atoms with van der Waals surface area (Å²) in [5, 5.41) is 9.81. The Morgan fingerprint density at radius 1 is 1.50 bits per heavy atom. The molecule has 2 heterocycles. The lowest BCUT2D eigenvalue weighted by atomic mass is 10.2. The minimum absolute atomic E-state index is 0.0689. The van der Waals surface area contributed by atoms with Gasteiger partial charge in [-0.2, -0.15) is 0 Å². The first kappa shape index (κ1) is 14.4. The number of carbonyl (C=O) groups excluding carboxylic acids is 2. The van der Waals surface area contributed by atoms with Crippen molar-refractivity contribution >= 4 is 17.9 Å². The van der Waals surface area contributed by atoms with Crippen molar-refractivity contribution in [3.05, 3.63) is 5.89 Å². The Hall–Kier alpha value is -1.96. The third kappa shape index (κ3) is 3.53. The predicted molar refractivity (Wildman–Crippen MR) is 68.9 cm³/mol. The monoisotopic (exact) mass is 282 g/mol. The molecule has 1 saturated heterocycles. The van der Waals surface area contributed by atoms with Gasteiger partial charge in [0.25, 0.3) is 0 Å². The number of likely N-dealkylation sites (tertiary alicyclic amines) is 1.